The minimum Gasteiger partial charge on any atom is -0.457 e. The molecule has 3 rings (SSSR count). The Morgan fingerprint density at radius 1 is 1.33 bits per heavy atom. The molecular formula is C19H23NO4. The molecule has 2 heterocycles. The molecule has 0 radical (unpaired) electrons. The van der Waals surface area contributed by atoms with Crippen molar-refractivity contribution in [3.63, 3.8) is 0 Å². The van der Waals surface area contributed by atoms with Gasteiger partial charge in [-0.1, -0.05) is 18.2 Å². The maximum absolute atomic E-state index is 12.3. The predicted octanol–water partition coefficient (Wildman–Crippen LogP) is 2.84. The first-order valence-corrected chi connectivity index (χ1v) is 8.44. The fourth-order valence-corrected chi connectivity index (χ4v) is 2.90. The number of carbonyl (C=O) groups excluding carboxylic acids is 1. The number of para-hydroxylation sites is 1. The lowest BCUT2D eigenvalue weighted by molar-refractivity contribution is -0.128. The Morgan fingerprint density at radius 3 is 2.88 bits per heavy atom. The lowest BCUT2D eigenvalue weighted by Crippen LogP contribution is -2.40. The number of furan rings is 1. The molecule has 1 saturated heterocycles. The van der Waals surface area contributed by atoms with E-state index < -0.39 is 0 Å². The maximum atomic E-state index is 12.3. The Hall–Kier alpha value is -2.11. The molecule has 1 aromatic carbocycles. The number of rotatable bonds is 6. The molecule has 0 spiro atoms. The van der Waals surface area contributed by atoms with E-state index in [1.165, 1.54) is 0 Å². The molecule has 1 fully saturated rings. The van der Waals surface area contributed by atoms with E-state index in [4.69, 9.17) is 14.3 Å². The first kappa shape index (κ1) is 16.7. The molecular weight excluding hydrogens is 306 g/mol. The van der Waals surface area contributed by atoms with Crippen LogP contribution in [0.15, 0.2) is 40.8 Å². The van der Waals surface area contributed by atoms with Crippen molar-refractivity contribution in [1.29, 1.82) is 0 Å². The molecule has 0 unspecified atom stereocenters. The Kier molecular flexibility index (Phi) is 5.67. The fourth-order valence-electron chi connectivity index (χ4n) is 2.90. The summed E-state index contributed by atoms with van der Waals surface area (Å²) in [7, 11) is 0. The Bertz CT molecular complexity index is 665. The zero-order valence-corrected chi connectivity index (χ0v) is 13.7. The number of aliphatic hydroxyl groups excluding tert-OH is 1. The summed E-state index contributed by atoms with van der Waals surface area (Å²) in [6.07, 6.45) is 5.85. The van der Waals surface area contributed by atoms with E-state index in [9.17, 15) is 4.79 Å². The van der Waals surface area contributed by atoms with Crippen LogP contribution in [0.5, 0.6) is 0 Å². The summed E-state index contributed by atoms with van der Waals surface area (Å²) in [6, 6.07) is 9.72. The molecule has 0 aliphatic carbocycles. The predicted molar refractivity (Wildman–Crippen MR) is 92.5 cm³/mol. The van der Waals surface area contributed by atoms with Gasteiger partial charge in [-0.2, -0.15) is 0 Å². The molecule has 0 atom stereocenters. The Balaban J connectivity index is 1.50. The van der Waals surface area contributed by atoms with Crippen LogP contribution in [0.25, 0.3) is 17.0 Å². The van der Waals surface area contributed by atoms with Crippen molar-refractivity contribution in [3.8, 4) is 0 Å². The number of hydrogen-bond acceptors (Lipinski definition) is 4. The number of likely N-dealkylation sites (tertiary alicyclic amines) is 1. The van der Waals surface area contributed by atoms with Crippen LogP contribution in [0, 0.1) is 0 Å². The molecule has 1 aliphatic heterocycles. The highest BCUT2D eigenvalue weighted by Crippen LogP contribution is 2.20. The standard InChI is InChI=1S/C19H23NO4/c21-12-3-13-23-16-8-10-20(11-9-16)19(22)7-6-17-14-15-4-1-2-5-18(15)24-17/h1-2,4-7,14,16,21H,3,8-13H2/b7-6+. The molecule has 5 nitrogen and oxygen atoms in total. The highest BCUT2D eigenvalue weighted by molar-refractivity contribution is 5.92. The molecule has 1 aromatic heterocycles. The number of carbonyl (C=O) groups is 1. The minimum atomic E-state index is 0.00395. The second kappa shape index (κ2) is 8.13. The van der Waals surface area contributed by atoms with Crippen molar-refractivity contribution in [1.82, 2.24) is 4.90 Å². The third-order valence-electron chi connectivity index (χ3n) is 4.24. The van der Waals surface area contributed by atoms with Gasteiger partial charge in [-0.3, -0.25) is 4.79 Å². The first-order valence-electron chi connectivity index (χ1n) is 8.44. The first-order chi connectivity index (χ1) is 11.8. The highest BCUT2D eigenvalue weighted by Gasteiger charge is 2.21. The van der Waals surface area contributed by atoms with Gasteiger partial charge in [0.25, 0.3) is 0 Å². The second-order valence-corrected chi connectivity index (χ2v) is 5.99. The van der Waals surface area contributed by atoms with E-state index in [1.54, 1.807) is 12.2 Å². The summed E-state index contributed by atoms with van der Waals surface area (Å²) in [5.74, 6) is 0.691. The molecule has 0 saturated carbocycles. The molecule has 1 N–H and O–H groups in total. The molecule has 1 amide bonds. The number of amides is 1. The largest absolute Gasteiger partial charge is 0.457 e. The third-order valence-corrected chi connectivity index (χ3v) is 4.24. The smallest absolute Gasteiger partial charge is 0.246 e. The quantitative estimate of drug-likeness (QED) is 0.654. The van der Waals surface area contributed by atoms with Crippen molar-refractivity contribution < 1.29 is 19.1 Å². The fraction of sp³-hybridized carbons (Fsp3) is 0.421. The van der Waals surface area contributed by atoms with Crippen molar-refractivity contribution in [2.45, 2.75) is 25.4 Å². The topological polar surface area (TPSA) is 62.9 Å². The molecule has 2 aromatic rings. The molecule has 5 heteroatoms. The summed E-state index contributed by atoms with van der Waals surface area (Å²) in [4.78, 5) is 14.1. The van der Waals surface area contributed by atoms with Crippen molar-refractivity contribution in [2.75, 3.05) is 26.3 Å². The van der Waals surface area contributed by atoms with Crippen LogP contribution in [0.1, 0.15) is 25.0 Å². The van der Waals surface area contributed by atoms with Gasteiger partial charge in [0.2, 0.25) is 5.91 Å². The number of benzene rings is 1. The van der Waals surface area contributed by atoms with E-state index in [2.05, 4.69) is 0 Å². The zero-order valence-electron chi connectivity index (χ0n) is 13.7. The molecule has 24 heavy (non-hydrogen) atoms. The van der Waals surface area contributed by atoms with E-state index in [0.717, 1.165) is 23.8 Å². The number of aliphatic hydroxyl groups is 1. The average molecular weight is 329 g/mol. The van der Waals surface area contributed by atoms with Crippen LogP contribution in [-0.2, 0) is 9.53 Å². The van der Waals surface area contributed by atoms with Crippen LogP contribution in [-0.4, -0.2) is 48.3 Å². The summed E-state index contributed by atoms with van der Waals surface area (Å²) in [5.41, 5.74) is 0.824. The monoisotopic (exact) mass is 329 g/mol. The van der Waals surface area contributed by atoms with Gasteiger partial charge in [-0.25, -0.2) is 0 Å². The van der Waals surface area contributed by atoms with E-state index >= 15 is 0 Å². The lowest BCUT2D eigenvalue weighted by Gasteiger charge is -2.31. The Morgan fingerprint density at radius 2 is 2.12 bits per heavy atom. The van der Waals surface area contributed by atoms with Crippen LogP contribution >= 0.6 is 0 Å². The van der Waals surface area contributed by atoms with Crippen molar-refractivity contribution in [3.05, 3.63) is 42.2 Å². The zero-order chi connectivity index (χ0) is 16.8. The summed E-state index contributed by atoms with van der Waals surface area (Å²) >= 11 is 0. The van der Waals surface area contributed by atoms with E-state index in [1.807, 2.05) is 35.2 Å². The number of ether oxygens (including phenoxy) is 1. The molecule has 0 bridgehead atoms. The van der Waals surface area contributed by atoms with Gasteiger partial charge >= 0.3 is 0 Å². The average Bonchev–Trinajstić information content (AvgIpc) is 3.03. The molecule has 1 aliphatic rings. The van der Waals surface area contributed by atoms with Crippen LogP contribution < -0.4 is 0 Å². The van der Waals surface area contributed by atoms with Gasteiger partial charge in [0.15, 0.2) is 0 Å². The van der Waals surface area contributed by atoms with E-state index in [-0.39, 0.29) is 18.6 Å². The van der Waals surface area contributed by atoms with Gasteiger partial charge < -0.3 is 19.2 Å². The number of nitrogens with zero attached hydrogens (tertiary/aromatic N) is 1. The second-order valence-electron chi connectivity index (χ2n) is 5.99. The van der Waals surface area contributed by atoms with Crippen LogP contribution in [0.3, 0.4) is 0 Å². The van der Waals surface area contributed by atoms with Gasteiger partial charge in [-0.05, 0) is 37.5 Å². The van der Waals surface area contributed by atoms with Crippen molar-refractivity contribution in [2.24, 2.45) is 0 Å². The minimum absolute atomic E-state index is 0.00395. The number of hydrogen-bond donors (Lipinski definition) is 1. The molecule has 128 valence electrons. The van der Waals surface area contributed by atoms with Gasteiger partial charge in [0.05, 0.1) is 6.10 Å². The number of fused-ring (bicyclic) bond motifs is 1. The number of piperidine rings is 1. The van der Waals surface area contributed by atoms with Gasteiger partial charge in [-0.15, -0.1) is 0 Å². The van der Waals surface area contributed by atoms with Gasteiger partial charge in [0.1, 0.15) is 11.3 Å². The summed E-state index contributed by atoms with van der Waals surface area (Å²) in [6.45, 7) is 2.14. The third kappa shape index (κ3) is 4.24. The summed E-state index contributed by atoms with van der Waals surface area (Å²) in [5, 5.41) is 9.79. The SMILES string of the molecule is O=C(/C=C/c1cc2ccccc2o1)N1CCC(OCCCO)CC1. The van der Waals surface area contributed by atoms with Crippen LogP contribution in [0.4, 0.5) is 0 Å². The van der Waals surface area contributed by atoms with Gasteiger partial charge in [0, 0.05) is 37.8 Å². The Labute approximate surface area is 141 Å². The van der Waals surface area contributed by atoms with Crippen molar-refractivity contribution >= 4 is 23.0 Å². The lowest BCUT2D eigenvalue weighted by atomic mass is 10.1. The summed E-state index contributed by atoms with van der Waals surface area (Å²) < 4.78 is 11.4. The van der Waals surface area contributed by atoms with E-state index in [0.29, 0.717) is 31.9 Å². The highest BCUT2D eigenvalue weighted by atomic mass is 16.5. The normalized spacial score (nSPS) is 16.3. The van der Waals surface area contributed by atoms with Crippen LogP contribution in [0.2, 0.25) is 0 Å². The maximum Gasteiger partial charge on any atom is 0.246 e.